The van der Waals surface area contributed by atoms with Crippen molar-refractivity contribution in [3.8, 4) is 5.75 Å². The summed E-state index contributed by atoms with van der Waals surface area (Å²) in [6.45, 7) is 8.84. The van der Waals surface area contributed by atoms with Crippen molar-refractivity contribution in [3.05, 3.63) is 41.7 Å². The summed E-state index contributed by atoms with van der Waals surface area (Å²) in [6, 6.07) is 8.33. The lowest BCUT2D eigenvalue weighted by Crippen LogP contribution is -2.43. The lowest BCUT2D eigenvalue weighted by molar-refractivity contribution is 0.461. The van der Waals surface area contributed by atoms with Crippen LogP contribution < -0.4 is 5.38 Å². The van der Waals surface area contributed by atoms with Gasteiger partial charge in [-0.25, -0.2) is 0 Å². The molecule has 0 spiro atoms. The first-order chi connectivity index (χ1) is 9.97. The van der Waals surface area contributed by atoms with E-state index in [2.05, 4.69) is 45.1 Å². The number of thioether (sulfide) groups is 1. The molecule has 0 saturated heterocycles. The van der Waals surface area contributed by atoms with Crippen molar-refractivity contribution in [2.45, 2.75) is 44.7 Å². The first-order valence-corrected chi connectivity index (χ1v) is 11.7. The fourth-order valence-corrected chi connectivity index (χ4v) is 6.41. The van der Waals surface area contributed by atoms with Crippen LogP contribution in [0.4, 0.5) is 0 Å². The fraction of sp³-hybridized carbons (Fsp3) is 0.412. The molecule has 0 radical (unpaired) electrons. The second kappa shape index (κ2) is 6.75. The van der Waals surface area contributed by atoms with Crippen molar-refractivity contribution in [1.82, 2.24) is 0 Å². The third kappa shape index (κ3) is 3.74. The van der Waals surface area contributed by atoms with Gasteiger partial charge in [0, 0.05) is 10.3 Å². The van der Waals surface area contributed by atoms with Crippen LogP contribution in [0.1, 0.15) is 25.0 Å². The molecule has 1 N–H and O–H groups in total. The number of furan rings is 1. The highest BCUT2D eigenvalue weighted by Crippen LogP contribution is 2.31. The van der Waals surface area contributed by atoms with E-state index in [-0.39, 0.29) is 0 Å². The molecule has 21 heavy (non-hydrogen) atoms. The molecule has 0 aliphatic rings. The third-order valence-corrected chi connectivity index (χ3v) is 9.44. The van der Waals surface area contributed by atoms with E-state index in [1.807, 2.05) is 17.8 Å². The van der Waals surface area contributed by atoms with Crippen LogP contribution in [0, 0.1) is 0 Å². The molecule has 114 valence electrons. The van der Waals surface area contributed by atoms with E-state index in [1.54, 1.807) is 6.26 Å². The minimum absolute atomic E-state index is 0.479. The summed E-state index contributed by atoms with van der Waals surface area (Å²) >= 11 is 1.88. The molecule has 0 bridgehead atoms. The van der Waals surface area contributed by atoms with Gasteiger partial charge < -0.3 is 9.52 Å². The van der Waals surface area contributed by atoms with Gasteiger partial charge in [-0.05, 0) is 48.2 Å². The highest BCUT2D eigenvalue weighted by molar-refractivity contribution is 8.01. The van der Waals surface area contributed by atoms with E-state index < -0.39 is 8.07 Å². The summed E-state index contributed by atoms with van der Waals surface area (Å²) in [7, 11) is -1.54. The molecule has 1 aromatic heterocycles. The van der Waals surface area contributed by atoms with Crippen LogP contribution >= 0.6 is 11.8 Å². The van der Waals surface area contributed by atoms with Gasteiger partial charge in [0.25, 0.3) is 0 Å². The van der Waals surface area contributed by atoms with Gasteiger partial charge in [-0.15, -0.1) is 11.8 Å². The van der Waals surface area contributed by atoms with Crippen LogP contribution in [0.2, 0.25) is 13.1 Å². The average Bonchev–Trinajstić information content (AvgIpc) is 3.01. The number of benzene rings is 1. The Morgan fingerprint density at radius 2 is 1.76 bits per heavy atom. The van der Waals surface area contributed by atoms with Gasteiger partial charge in [-0.2, -0.15) is 0 Å². The lowest BCUT2D eigenvalue weighted by atomic mass is 10.1. The molecule has 0 unspecified atom stereocenters. The van der Waals surface area contributed by atoms with Crippen LogP contribution in [0.25, 0.3) is 0 Å². The Hall–Kier alpha value is -1.13. The molecule has 4 heteroatoms. The molecule has 0 atom stereocenters. The van der Waals surface area contributed by atoms with Crippen LogP contribution in [0.15, 0.2) is 39.8 Å². The number of phenols is 1. The van der Waals surface area contributed by atoms with Crippen molar-refractivity contribution in [2.24, 2.45) is 0 Å². The number of phenolic OH excluding ortho intramolecular Hbond substituents is 1. The molecule has 1 aromatic carbocycles. The van der Waals surface area contributed by atoms with Crippen molar-refractivity contribution < 1.29 is 9.52 Å². The second-order valence-electron chi connectivity index (χ2n) is 5.95. The quantitative estimate of drug-likeness (QED) is 0.634. The summed E-state index contributed by atoms with van der Waals surface area (Å²) in [5.74, 6) is 0.479. The summed E-state index contributed by atoms with van der Waals surface area (Å²) in [5, 5.41) is 12.4. The molecule has 2 nitrogen and oxygen atoms in total. The standard InChI is InChI=1S/C17H24O2SSi/c1-5-13-10-15(11-14(6-2)17(13)18)20-12-21(3,4)16-8-7-9-19-16/h7-11,18H,5-6,12H2,1-4H3. The minimum Gasteiger partial charge on any atom is -0.507 e. The monoisotopic (exact) mass is 320 g/mol. The van der Waals surface area contributed by atoms with Gasteiger partial charge in [0.2, 0.25) is 0 Å². The van der Waals surface area contributed by atoms with Gasteiger partial charge >= 0.3 is 0 Å². The van der Waals surface area contributed by atoms with E-state index in [0.29, 0.717) is 5.75 Å². The number of aromatic hydroxyl groups is 1. The SMILES string of the molecule is CCc1cc(SC[Si](C)(C)c2ccco2)cc(CC)c1O. The number of hydrogen-bond acceptors (Lipinski definition) is 3. The molecule has 2 rings (SSSR count). The van der Waals surface area contributed by atoms with Gasteiger partial charge in [-0.1, -0.05) is 26.9 Å². The Morgan fingerprint density at radius 1 is 1.14 bits per heavy atom. The normalized spacial score (nSPS) is 11.8. The maximum absolute atomic E-state index is 10.2. The third-order valence-electron chi connectivity index (χ3n) is 3.79. The van der Waals surface area contributed by atoms with Crippen molar-refractivity contribution in [3.63, 3.8) is 0 Å². The Labute approximate surface area is 132 Å². The highest BCUT2D eigenvalue weighted by atomic mass is 32.2. The summed E-state index contributed by atoms with van der Waals surface area (Å²) in [5.41, 5.74) is 2.10. The summed E-state index contributed by atoms with van der Waals surface area (Å²) in [4.78, 5) is 1.26. The maximum atomic E-state index is 10.2. The first-order valence-electron chi connectivity index (χ1n) is 7.49. The van der Waals surface area contributed by atoms with Crippen LogP contribution in [-0.2, 0) is 12.8 Å². The van der Waals surface area contributed by atoms with Crippen molar-refractivity contribution >= 4 is 25.2 Å². The molecule has 0 amide bonds. The minimum atomic E-state index is -1.54. The summed E-state index contributed by atoms with van der Waals surface area (Å²) < 4.78 is 5.60. The number of hydrogen-bond donors (Lipinski definition) is 1. The number of aryl methyl sites for hydroxylation is 2. The van der Waals surface area contributed by atoms with Crippen LogP contribution in [0.5, 0.6) is 5.75 Å². The molecule has 0 fully saturated rings. The van der Waals surface area contributed by atoms with Gasteiger partial charge in [0.05, 0.1) is 11.6 Å². The molecule has 0 saturated carbocycles. The predicted octanol–water partition coefficient (Wildman–Crippen LogP) is 4.36. The molecule has 0 aliphatic carbocycles. The largest absolute Gasteiger partial charge is 0.507 e. The maximum Gasteiger partial charge on any atom is 0.136 e. The van der Waals surface area contributed by atoms with Gasteiger partial charge in [0.15, 0.2) is 0 Å². The predicted molar refractivity (Wildman–Crippen MR) is 93.4 cm³/mol. The zero-order valence-electron chi connectivity index (χ0n) is 13.3. The van der Waals surface area contributed by atoms with Crippen LogP contribution in [-0.4, -0.2) is 18.6 Å². The smallest absolute Gasteiger partial charge is 0.136 e. The highest BCUT2D eigenvalue weighted by Gasteiger charge is 2.27. The second-order valence-corrected chi connectivity index (χ2v) is 12.1. The Kier molecular flexibility index (Phi) is 5.22. The lowest BCUT2D eigenvalue weighted by Gasteiger charge is -2.19. The molecular weight excluding hydrogens is 296 g/mol. The zero-order chi connectivity index (χ0) is 15.5. The molecule has 2 aromatic rings. The van der Waals surface area contributed by atoms with Gasteiger partial charge in [-0.3, -0.25) is 0 Å². The van der Waals surface area contributed by atoms with Crippen LogP contribution in [0.3, 0.4) is 0 Å². The Balaban J connectivity index is 2.17. The van der Waals surface area contributed by atoms with E-state index >= 15 is 0 Å². The average molecular weight is 321 g/mol. The fourth-order valence-electron chi connectivity index (χ4n) is 2.35. The molecule has 1 heterocycles. The summed E-state index contributed by atoms with van der Waals surface area (Å²) in [6.07, 6.45) is 3.50. The van der Waals surface area contributed by atoms with E-state index in [9.17, 15) is 5.11 Å². The zero-order valence-corrected chi connectivity index (χ0v) is 15.1. The molecule has 0 aliphatic heterocycles. The Bertz CT molecular complexity index is 566. The molecular formula is C17H24O2SSi. The van der Waals surface area contributed by atoms with Gasteiger partial charge in [0.1, 0.15) is 13.8 Å². The number of rotatable bonds is 6. The van der Waals surface area contributed by atoms with Crippen molar-refractivity contribution in [1.29, 1.82) is 0 Å². The van der Waals surface area contributed by atoms with E-state index in [4.69, 9.17) is 4.42 Å². The van der Waals surface area contributed by atoms with E-state index in [0.717, 1.165) is 34.7 Å². The topological polar surface area (TPSA) is 33.4 Å². The first kappa shape index (κ1) is 16.2. The van der Waals surface area contributed by atoms with E-state index in [1.165, 1.54) is 4.90 Å². The van der Waals surface area contributed by atoms with Crippen molar-refractivity contribution in [2.75, 3.05) is 5.38 Å². The Morgan fingerprint density at radius 3 is 2.24 bits per heavy atom.